The Morgan fingerprint density at radius 1 is 0.181 bits per heavy atom. The highest BCUT2D eigenvalue weighted by Crippen LogP contribution is 2.41. The van der Waals surface area contributed by atoms with Crippen LogP contribution < -0.4 is 0 Å². The van der Waals surface area contributed by atoms with E-state index in [0.29, 0.717) is 0 Å². The van der Waals surface area contributed by atoms with Crippen LogP contribution in [0.15, 0.2) is 266 Å². The molecule has 72 heavy (non-hydrogen) atoms. The van der Waals surface area contributed by atoms with E-state index in [1.807, 2.05) is 0 Å². The second-order valence-corrected chi connectivity index (χ2v) is 17.3. The third-order valence-corrected chi connectivity index (χ3v) is 12.2. The molecule has 0 unspecified atom stereocenters. The van der Waals surface area contributed by atoms with Gasteiger partial charge in [-0.1, -0.05) is 340 Å². The molecular weight excluding hydrogens is 865 g/mol. The highest BCUT2D eigenvalue weighted by molar-refractivity contribution is 6.03. The predicted octanol–water partition coefficient (Wildman–Crippen LogP) is 19.4. The second kappa shape index (κ2) is 25.3. The molecule has 0 aromatic heterocycles. The van der Waals surface area contributed by atoms with Crippen LogP contribution in [-0.4, -0.2) is 0 Å². The lowest BCUT2D eigenvalue weighted by molar-refractivity contribution is 1.46. The summed E-state index contributed by atoms with van der Waals surface area (Å²) in [6, 6.07) is 84.8. The van der Waals surface area contributed by atoms with Gasteiger partial charge in [0.2, 0.25) is 0 Å². The largest absolute Gasteiger partial charge is 0.0622 e. The normalized spacial score (nSPS) is 12.0. The summed E-state index contributed by atoms with van der Waals surface area (Å²) < 4.78 is 0. The van der Waals surface area contributed by atoms with Gasteiger partial charge in [-0.3, -0.25) is 0 Å². The first kappa shape index (κ1) is 47.7. The Bertz CT molecular complexity index is 3230. The maximum atomic E-state index is 2.33. The van der Waals surface area contributed by atoms with Crippen molar-refractivity contribution >= 4 is 84.6 Å². The van der Waals surface area contributed by atoms with Crippen molar-refractivity contribution in [1.29, 1.82) is 0 Å². The Balaban J connectivity index is 1.49. The van der Waals surface area contributed by atoms with Crippen LogP contribution in [0, 0.1) is 0 Å². The first-order valence-electron chi connectivity index (χ1n) is 24.6. The van der Waals surface area contributed by atoms with Gasteiger partial charge >= 0.3 is 0 Å². The van der Waals surface area contributed by atoms with Gasteiger partial charge in [0, 0.05) is 0 Å². The molecule has 0 aliphatic heterocycles. The molecule has 0 fully saturated rings. The zero-order valence-corrected chi connectivity index (χ0v) is 40.3. The Morgan fingerprint density at radius 3 is 0.625 bits per heavy atom. The van der Waals surface area contributed by atoms with E-state index in [9.17, 15) is 0 Å². The molecule has 0 spiro atoms. The molecule has 9 aromatic carbocycles. The van der Waals surface area contributed by atoms with Gasteiger partial charge in [-0.05, 0) is 89.0 Å². The van der Waals surface area contributed by atoms with E-state index >= 15 is 0 Å². The lowest BCUT2D eigenvalue weighted by atomic mass is 9.80. The average molecular weight is 921 g/mol. The Morgan fingerprint density at radius 2 is 0.375 bits per heavy atom. The first-order valence-corrected chi connectivity index (χ1v) is 24.6. The van der Waals surface area contributed by atoms with Gasteiger partial charge in [-0.15, -0.1) is 0 Å². The maximum absolute atomic E-state index is 2.33. The third kappa shape index (κ3) is 13.4. The zero-order chi connectivity index (χ0) is 48.8. The first-order chi connectivity index (χ1) is 35.7. The minimum atomic E-state index is 1.04. The van der Waals surface area contributed by atoms with Gasteiger partial charge in [0.25, 0.3) is 0 Å². The predicted molar refractivity (Wildman–Crippen MR) is 317 cm³/mol. The molecule has 0 radical (unpaired) electrons. The Kier molecular flexibility index (Phi) is 16.8. The molecule has 0 amide bonds. The summed E-state index contributed by atoms with van der Waals surface area (Å²) in [4.78, 5) is 0. The average Bonchev–Trinajstić information content (AvgIpc) is 3.45. The number of hydrogen-bond acceptors (Lipinski definition) is 0. The van der Waals surface area contributed by atoms with Crippen LogP contribution in [0.2, 0.25) is 0 Å². The lowest BCUT2D eigenvalue weighted by Crippen LogP contribution is -2.04. The molecule has 9 aromatic rings. The highest BCUT2D eigenvalue weighted by Gasteiger charge is 2.22. The molecule has 0 nitrogen and oxygen atoms in total. The number of rotatable bonds is 17. The van der Waals surface area contributed by atoms with Gasteiger partial charge in [0.1, 0.15) is 0 Å². The van der Waals surface area contributed by atoms with E-state index in [0.717, 1.165) is 89.0 Å². The fraction of sp³-hybridized carbons (Fsp3) is 0. The summed E-state index contributed by atoms with van der Waals surface area (Å²) in [5, 5.41) is 0. The monoisotopic (exact) mass is 920 g/mol. The van der Waals surface area contributed by atoms with E-state index in [1.54, 1.807) is 0 Å². The second-order valence-electron chi connectivity index (χ2n) is 17.3. The van der Waals surface area contributed by atoms with E-state index < -0.39 is 0 Å². The van der Waals surface area contributed by atoms with Crippen molar-refractivity contribution in [3.63, 3.8) is 0 Å². The maximum Gasteiger partial charge on any atom is -0.00204 e. The fourth-order valence-electron chi connectivity index (χ4n) is 8.55. The topological polar surface area (TPSA) is 0 Å². The third-order valence-electron chi connectivity index (χ3n) is 12.2. The molecule has 0 heteroatoms. The lowest BCUT2D eigenvalue weighted by Gasteiger charge is -2.23. The van der Waals surface area contributed by atoms with Crippen molar-refractivity contribution in [3.8, 4) is 0 Å². The number of benzene rings is 9. The molecule has 9 rings (SSSR count). The van der Waals surface area contributed by atoms with E-state index in [-0.39, 0.29) is 0 Å². The molecule has 0 N–H and O–H groups in total. The summed E-state index contributed by atoms with van der Waals surface area (Å²) in [6.07, 6.45) is 36.4. The Labute approximate surface area is 426 Å². The molecular formula is C72H56. The molecule has 344 valence electrons. The molecule has 0 saturated carbocycles. The number of allylic oxidation sites excluding steroid dienone is 5. The minimum Gasteiger partial charge on any atom is -0.0622 e. The molecule has 0 saturated heterocycles. The SMILES string of the molecule is C(=Cc1ccccc1)C(C=Cc1ccccc1)=C(C=Cc1ccccc1)c1c(C=Cc2ccccc2)c(C=Cc2ccccc2)c(C=Cc2ccccc2)c(C=Cc2ccccc2)c1C=Cc1ccccc1. The summed E-state index contributed by atoms with van der Waals surface area (Å²) in [6.45, 7) is 0. The van der Waals surface area contributed by atoms with E-state index in [2.05, 4.69) is 340 Å². The van der Waals surface area contributed by atoms with Gasteiger partial charge in [0.05, 0.1) is 0 Å². The van der Waals surface area contributed by atoms with Gasteiger partial charge < -0.3 is 0 Å². The van der Waals surface area contributed by atoms with Crippen LogP contribution in [0.5, 0.6) is 0 Å². The van der Waals surface area contributed by atoms with Gasteiger partial charge in [-0.25, -0.2) is 0 Å². The van der Waals surface area contributed by atoms with Crippen LogP contribution in [-0.2, 0) is 0 Å². The molecule has 0 aliphatic rings. The number of hydrogen-bond donors (Lipinski definition) is 0. The van der Waals surface area contributed by atoms with Crippen LogP contribution in [0.4, 0.5) is 0 Å². The smallest absolute Gasteiger partial charge is 0.00204 e. The summed E-state index contributed by atoms with van der Waals surface area (Å²) >= 11 is 0. The quantitative estimate of drug-likeness (QED) is 0.0631. The van der Waals surface area contributed by atoms with Crippen molar-refractivity contribution in [1.82, 2.24) is 0 Å². The van der Waals surface area contributed by atoms with E-state index in [4.69, 9.17) is 0 Å². The molecule has 0 aliphatic carbocycles. The Hall–Kier alpha value is -9.36. The van der Waals surface area contributed by atoms with Crippen molar-refractivity contribution in [2.75, 3.05) is 0 Å². The molecule has 0 atom stereocenters. The summed E-state index contributed by atoms with van der Waals surface area (Å²) in [7, 11) is 0. The van der Waals surface area contributed by atoms with Gasteiger partial charge in [-0.2, -0.15) is 0 Å². The molecule has 0 bridgehead atoms. The van der Waals surface area contributed by atoms with Crippen molar-refractivity contribution in [2.45, 2.75) is 0 Å². The molecule has 0 heterocycles. The van der Waals surface area contributed by atoms with Crippen molar-refractivity contribution < 1.29 is 0 Å². The summed E-state index contributed by atoms with van der Waals surface area (Å²) in [5.41, 5.74) is 17.5. The zero-order valence-electron chi connectivity index (χ0n) is 40.3. The van der Waals surface area contributed by atoms with Gasteiger partial charge in [0.15, 0.2) is 0 Å². The standard InChI is InChI=1S/C72H56/c1-9-25-57(26-10-1)41-49-65(50-42-58-27-11-2-12-28-58)66(51-43-59-29-13-3-14-30-59)72-70(55-47-63-37-21-7-22-38-63)68(53-45-61-33-17-5-18-34-61)67(52-44-60-31-15-4-16-32-60)69(54-46-62-35-19-6-20-36-62)71(72)56-48-64-39-23-8-24-40-64/h1-56H. The van der Waals surface area contributed by atoms with Crippen molar-refractivity contribution in [3.05, 3.63) is 344 Å². The highest BCUT2D eigenvalue weighted by atomic mass is 14.3. The van der Waals surface area contributed by atoms with Crippen LogP contribution in [0.3, 0.4) is 0 Å². The summed E-state index contributed by atoms with van der Waals surface area (Å²) in [5.74, 6) is 0. The minimum absolute atomic E-state index is 1.04. The fourth-order valence-corrected chi connectivity index (χ4v) is 8.55. The van der Waals surface area contributed by atoms with E-state index in [1.165, 1.54) is 0 Å². The van der Waals surface area contributed by atoms with Crippen LogP contribution in [0.25, 0.3) is 84.6 Å². The van der Waals surface area contributed by atoms with Crippen LogP contribution >= 0.6 is 0 Å². The van der Waals surface area contributed by atoms with Crippen molar-refractivity contribution in [2.24, 2.45) is 0 Å². The van der Waals surface area contributed by atoms with Crippen LogP contribution in [0.1, 0.15) is 77.9 Å².